The Morgan fingerprint density at radius 3 is 2.60 bits per heavy atom. The minimum absolute atomic E-state index is 0.0609. The number of carboxylic acid groups (broad SMARTS) is 1. The number of rotatable bonds is 4. The molecule has 0 saturated carbocycles. The van der Waals surface area contributed by atoms with Crippen LogP contribution in [0.5, 0.6) is 0 Å². The van der Waals surface area contributed by atoms with Gasteiger partial charge in [-0.2, -0.15) is 0 Å². The predicted molar refractivity (Wildman–Crippen MR) is 78.0 cm³/mol. The third kappa shape index (κ3) is 2.77. The molecule has 2 aromatic rings. The average molecular weight is 274 g/mol. The summed E-state index contributed by atoms with van der Waals surface area (Å²) in [6.07, 6.45) is 0. The zero-order valence-electron chi connectivity index (χ0n) is 11.7. The lowest BCUT2D eigenvalue weighted by molar-refractivity contribution is 0.0698. The number of furan rings is 1. The van der Waals surface area contributed by atoms with Crippen LogP contribution < -0.4 is 11.1 Å². The second-order valence-electron chi connectivity index (χ2n) is 4.84. The normalized spacial score (nSPS) is 12.2. The molecule has 20 heavy (non-hydrogen) atoms. The first-order chi connectivity index (χ1) is 9.38. The smallest absolute Gasteiger partial charge is 0.337 e. The number of carboxylic acids is 1. The molecule has 5 nitrogen and oxygen atoms in total. The lowest BCUT2D eigenvalue weighted by atomic mass is 10.1. The van der Waals surface area contributed by atoms with E-state index in [9.17, 15) is 9.90 Å². The molecule has 1 unspecified atom stereocenters. The highest BCUT2D eigenvalue weighted by atomic mass is 16.4. The molecule has 0 aliphatic heterocycles. The van der Waals surface area contributed by atoms with E-state index < -0.39 is 5.97 Å². The van der Waals surface area contributed by atoms with Gasteiger partial charge in [0.2, 0.25) is 0 Å². The first-order valence-electron chi connectivity index (χ1n) is 6.34. The fourth-order valence-corrected chi connectivity index (χ4v) is 2.26. The van der Waals surface area contributed by atoms with Crippen molar-refractivity contribution in [3.8, 4) is 0 Å². The highest BCUT2D eigenvalue weighted by Crippen LogP contribution is 2.27. The molecular formula is C15H18N2O3. The van der Waals surface area contributed by atoms with Crippen LogP contribution in [0.2, 0.25) is 0 Å². The standard InChI is InChI=1S/C15H18N2O3/c1-8-6-12(10(3)20-8)9(2)17-14-5-4-11(16)7-13(14)15(18)19/h4-7,9,17H,16H2,1-3H3,(H,18,19). The lowest BCUT2D eigenvalue weighted by Crippen LogP contribution is -2.11. The Hall–Kier alpha value is -2.43. The van der Waals surface area contributed by atoms with Crippen LogP contribution in [0.25, 0.3) is 0 Å². The Labute approximate surface area is 117 Å². The number of carbonyl (C=O) groups is 1. The average Bonchev–Trinajstić information content (AvgIpc) is 2.70. The topological polar surface area (TPSA) is 88.5 Å². The van der Waals surface area contributed by atoms with Crippen LogP contribution in [-0.4, -0.2) is 11.1 Å². The van der Waals surface area contributed by atoms with E-state index in [4.69, 9.17) is 10.2 Å². The second-order valence-corrected chi connectivity index (χ2v) is 4.84. The summed E-state index contributed by atoms with van der Waals surface area (Å²) in [6.45, 7) is 5.73. The number of benzene rings is 1. The molecule has 1 aromatic carbocycles. The van der Waals surface area contributed by atoms with Crippen molar-refractivity contribution in [1.82, 2.24) is 0 Å². The van der Waals surface area contributed by atoms with Gasteiger partial charge in [0.25, 0.3) is 0 Å². The van der Waals surface area contributed by atoms with Crippen molar-refractivity contribution in [2.45, 2.75) is 26.8 Å². The van der Waals surface area contributed by atoms with Crippen LogP contribution >= 0.6 is 0 Å². The summed E-state index contributed by atoms with van der Waals surface area (Å²) in [4.78, 5) is 11.2. The van der Waals surface area contributed by atoms with Crippen molar-refractivity contribution in [3.05, 3.63) is 46.9 Å². The molecule has 0 saturated heterocycles. The molecule has 0 aliphatic rings. The Balaban J connectivity index is 2.30. The van der Waals surface area contributed by atoms with E-state index in [-0.39, 0.29) is 11.6 Å². The maximum absolute atomic E-state index is 11.2. The van der Waals surface area contributed by atoms with Crippen LogP contribution in [0, 0.1) is 13.8 Å². The van der Waals surface area contributed by atoms with Gasteiger partial charge in [-0.25, -0.2) is 4.79 Å². The monoisotopic (exact) mass is 274 g/mol. The second kappa shape index (κ2) is 5.28. The fraction of sp³-hybridized carbons (Fsp3) is 0.267. The van der Waals surface area contributed by atoms with Crippen LogP contribution in [0.1, 0.15) is 40.4 Å². The molecule has 106 valence electrons. The van der Waals surface area contributed by atoms with Gasteiger partial charge in [0.05, 0.1) is 11.6 Å². The van der Waals surface area contributed by atoms with Gasteiger partial charge < -0.3 is 20.6 Å². The molecule has 1 aromatic heterocycles. The van der Waals surface area contributed by atoms with Crippen molar-refractivity contribution in [1.29, 1.82) is 0 Å². The van der Waals surface area contributed by atoms with Crippen LogP contribution in [-0.2, 0) is 0 Å². The van der Waals surface area contributed by atoms with Crippen molar-refractivity contribution in [2.24, 2.45) is 0 Å². The van der Waals surface area contributed by atoms with E-state index >= 15 is 0 Å². The zero-order chi connectivity index (χ0) is 14.9. The van der Waals surface area contributed by atoms with Crippen LogP contribution in [0.3, 0.4) is 0 Å². The number of anilines is 2. The van der Waals surface area contributed by atoms with Crippen LogP contribution in [0.4, 0.5) is 11.4 Å². The van der Waals surface area contributed by atoms with Gasteiger partial charge in [-0.3, -0.25) is 0 Å². The molecule has 4 N–H and O–H groups in total. The number of nitrogens with one attached hydrogen (secondary N) is 1. The molecule has 0 radical (unpaired) electrons. The first kappa shape index (κ1) is 14.0. The quantitative estimate of drug-likeness (QED) is 0.744. The summed E-state index contributed by atoms with van der Waals surface area (Å²) in [5, 5.41) is 12.4. The molecule has 5 heteroatoms. The molecule has 0 amide bonds. The zero-order valence-corrected chi connectivity index (χ0v) is 11.7. The van der Waals surface area contributed by atoms with Gasteiger partial charge in [-0.05, 0) is 45.0 Å². The molecule has 1 atom stereocenters. The van der Waals surface area contributed by atoms with Crippen molar-refractivity contribution in [2.75, 3.05) is 11.1 Å². The third-order valence-electron chi connectivity index (χ3n) is 3.19. The minimum Gasteiger partial charge on any atom is -0.478 e. The summed E-state index contributed by atoms with van der Waals surface area (Å²) in [7, 11) is 0. The highest BCUT2D eigenvalue weighted by Gasteiger charge is 2.16. The predicted octanol–water partition coefficient (Wildman–Crippen LogP) is 3.35. The van der Waals surface area contributed by atoms with Gasteiger partial charge in [0, 0.05) is 16.9 Å². The van der Waals surface area contributed by atoms with E-state index in [1.807, 2.05) is 26.8 Å². The minimum atomic E-state index is -1.01. The van der Waals surface area contributed by atoms with Crippen molar-refractivity contribution < 1.29 is 14.3 Å². The molecule has 1 heterocycles. The maximum Gasteiger partial charge on any atom is 0.337 e. The van der Waals surface area contributed by atoms with Gasteiger partial charge in [0.15, 0.2) is 0 Å². The van der Waals surface area contributed by atoms with Gasteiger partial charge in [0.1, 0.15) is 11.5 Å². The van der Waals surface area contributed by atoms with Crippen molar-refractivity contribution >= 4 is 17.3 Å². The largest absolute Gasteiger partial charge is 0.478 e. The molecule has 0 fully saturated rings. The van der Waals surface area contributed by atoms with E-state index in [0.717, 1.165) is 17.1 Å². The first-order valence-corrected chi connectivity index (χ1v) is 6.34. The molecule has 0 spiro atoms. The Bertz CT molecular complexity index is 647. The number of aromatic carboxylic acids is 1. The van der Waals surface area contributed by atoms with E-state index in [0.29, 0.717) is 11.4 Å². The summed E-state index contributed by atoms with van der Waals surface area (Å²) in [5.74, 6) is 0.656. The summed E-state index contributed by atoms with van der Waals surface area (Å²) in [5.41, 5.74) is 7.77. The van der Waals surface area contributed by atoms with Gasteiger partial charge in [-0.1, -0.05) is 0 Å². The molecule has 2 rings (SSSR count). The summed E-state index contributed by atoms with van der Waals surface area (Å²) in [6, 6.07) is 6.69. The van der Waals surface area contributed by atoms with E-state index in [1.54, 1.807) is 12.1 Å². The highest BCUT2D eigenvalue weighted by molar-refractivity contribution is 5.95. The van der Waals surface area contributed by atoms with Crippen molar-refractivity contribution in [3.63, 3.8) is 0 Å². The third-order valence-corrected chi connectivity index (χ3v) is 3.19. The fourth-order valence-electron chi connectivity index (χ4n) is 2.26. The molecule has 0 bridgehead atoms. The summed E-state index contributed by atoms with van der Waals surface area (Å²) >= 11 is 0. The SMILES string of the molecule is Cc1cc(C(C)Nc2ccc(N)cc2C(=O)O)c(C)o1. The van der Waals surface area contributed by atoms with E-state index in [2.05, 4.69) is 5.32 Å². The Morgan fingerprint density at radius 2 is 2.05 bits per heavy atom. The number of hydrogen-bond acceptors (Lipinski definition) is 4. The number of hydrogen-bond donors (Lipinski definition) is 3. The Kier molecular flexibility index (Phi) is 3.70. The van der Waals surface area contributed by atoms with Gasteiger partial charge >= 0.3 is 5.97 Å². The lowest BCUT2D eigenvalue weighted by Gasteiger charge is -2.16. The Morgan fingerprint density at radius 1 is 1.35 bits per heavy atom. The number of aryl methyl sites for hydroxylation is 2. The summed E-state index contributed by atoms with van der Waals surface area (Å²) < 4.78 is 5.49. The van der Waals surface area contributed by atoms with Crippen LogP contribution in [0.15, 0.2) is 28.7 Å². The maximum atomic E-state index is 11.2. The number of nitrogens with two attached hydrogens (primary N) is 1. The molecular weight excluding hydrogens is 256 g/mol. The molecule has 0 aliphatic carbocycles. The number of nitrogen functional groups attached to an aromatic ring is 1. The van der Waals surface area contributed by atoms with E-state index in [1.165, 1.54) is 6.07 Å². The van der Waals surface area contributed by atoms with Gasteiger partial charge in [-0.15, -0.1) is 0 Å².